The molecule has 24 heavy (non-hydrogen) atoms. The first-order chi connectivity index (χ1) is 11.5. The Kier molecular flexibility index (Phi) is 3.46. The average molecular weight is 328 g/mol. The molecule has 6 heteroatoms. The van der Waals surface area contributed by atoms with Gasteiger partial charge in [0.05, 0.1) is 23.7 Å². The molecular formula is C18H20N2O4. The number of esters is 1. The van der Waals surface area contributed by atoms with Crippen molar-refractivity contribution in [3.8, 4) is 11.4 Å². The molecule has 3 aliphatic carbocycles. The normalized spacial score (nSPS) is 28.8. The Labute approximate surface area is 139 Å². The summed E-state index contributed by atoms with van der Waals surface area (Å²) in [7, 11) is 1.36. The Balaban J connectivity index is 1.63. The smallest absolute Gasteiger partial charge is 0.337 e. The molecule has 1 N–H and O–H groups in total. The third-order valence-electron chi connectivity index (χ3n) is 5.63. The van der Waals surface area contributed by atoms with Gasteiger partial charge in [-0.1, -0.05) is 17.3 Å². The molecule has 0 atom stereocenters. The van der Waals surface area contributed by atoms with Gasteiger partial charge in [-0.15, -0.1) is 0 Å². The molecule has 126 valence electrons. The van der Waals surface area contributed by atoms with E-state index in [1.165, 1.54) is 7.11 Å². The van der Waals surface area contributed by atoms with E-state index in [-0.39, 0.29) is 5.41 Å². The molecule has 2 bridgehead atoms. The molecule has 5 rings (SSSR count). The molecule has 1 heterocycles. The lowest BCUT2D eigenvalue weighted by atomic mass is 9.58. The van der Waals surface area contributed by atoms with Crippen molar-refractivity contribution in [2.24, 2.45) is 0 Å². The number of benzene rings is 1. The van der Waals surface area contributed by atoms with Crippen molar-refractivity contribution in [1.29, 1.82) is 0 Å². The zero-order chi connectivity index (χ0) is 16.8. The standard InChI is InChI=1S/C18H20N2O4/c1-23-15(21)13-4-2-3-12(11-13)14-19-16(24-20-14)17-5-8-18(22,9-6-17)10-7-17/h2-4,11,22H,5-10H2,1H3. The fourth-order valence-electron chi connectivity index (χ4n) is 3.95. The number of fused-ring (bicyclic) bond motifs is 3. The second-order valence-electron chi connectivity index (χ2n) is 7.00. The van der Waals surface area contributed by atoms with E-state index >= 15 is 0 Å². The molecule has 2 aromatic rings. The van der Waals surface area contributed by atoms with Crippen LogP contribution in [0, 0.1) is 0 Å². The molecular weight excluding hydrogens is 308 g/mol. The number of hydrogen-bond acceptors (Lipinski definition) is 6. The van der Waals surface area contributed by atoms with Gasteiger partial charge in [0, 0.05) is 5.56 Å². The Morgan fingerprint density at radius 2 is 1.92 bits per heavy atom. The summed E-state index contributed by atoms with van der Waals surface area (Å²) < 4.78 is 10.3. The van der Waals surface area contributed by atoms with Gasteiger partial charge in [0.1, 0.15) is 0 Å². The molecule has 3 saturated carbocycles. The highest BCUT2D eigenvalue weighted by Crippen LogP contribution is 2.53. The van der Waals surface area contributed by atoms with Gasteiger partial charge in [0.25, 0.3) is 0 Å². The van der Waals surface area contributed by atoms with E-state index in [1.807, 2.05) is 6.07 Å². The fourth-order valence-corrected chi connectivity index (χ4v) is 3.95. The first kappa shape index (κ1) is 15.3. The van der Waals surface area contributed by atoms with Crippen molar-refractivity contribution < 1.29 is 19.2 Å². The van der Waals surface area contributed by atoms with Crippen molar-refractivity contribution in [2.75, 3.05) is 7.11 Å². The van der Waals surface area contributed by atoms with E-state index in [0.717, 1.165) is 44.1 Å². The first-order valence-corrected chi connectivity index (χ1v) is 8.29. The summed E-state index contributed by atoms with van der Waals surface area (Å²) >= 11 is 0. The van der Waals surface area contributed by atoms with E-state index in [1.54, 1.807) is 18.2 Å². The lowest BCUT2D eigenvalue weighted by molar-refractivity contribution is -0.0726. The SMILES string of the molecule is COC(=O)c1cccc(-c2noc(C34CCC(O)(CC3)CC4)n2)c1. The molecule has 0 amide bonds. The maximum atomic E-state index is 11.7. The van der Waals surface area contributed by atoms with Crippen molar-refractivity contribution >= 4 is 5.97 Å². The number of nitrogens with zero attached hydrogens (tertiary/aromatic N) is 2. The van der Waals surface area contributed by atoms with Gasteiger partial charge in [-0.2, -0.15) is 4.98 Å². The predicted octanol–water partition coefficient (Wildman–Crippen LogP) is 2.86. The highest BCUT2D eigenvalue weighted by molar-refractivity contribution is 5.90. The van der Waals surface area contributed by atoms with Crippen molar-refractivity contribution in [3.05, 3.63) is 35.7 Å². The van der Waals surface area contributed by atoms with E-state index < -0.39 is 11.6 Å². The third kappa shape index (κ3) is 2.41. The molecule has 0 spiro atoms. The minimum absolute atomic E-state index is 0.101. The van der Waals surface area contributed by atoms with Crippen LogP contribution in [0.3, 0.4) is 0 Å². The molecule has 1 aromatic heterocycles. The third-order valence-corrected chi connectivity index (χ3v) is 5.63. The summed E-state index contributed by atoms with van der Waals surface area (Å²) in [4.78, 5) is 16.3. The number of aromatic nitrogens is 2. The number of carbonyl (C=O) groups excluding carboxylic acids is 1. The van der Waals surface area contributed by atoms with Gasteiger partial charge in [-0.3, -0.25) is 0 Å². The lowest BCUT2D eigenvalue weighted by Crippen LogP contribution is -2.48. The minimum atomic E-state index is -0.487. The van der Waals surface area contributed by atoms with Crippen LogP contribution in [0.1, 0.15) is 54.8 Å². The van der Waals surface area contributed by atoms with Gasteiger partial charge in [-0.05, 0) is 50.7 Å². The lowest BCUT2D eigenvalue weighted by Gasteiger charge is -2.48. The van der Waals surface area contributed by atoms with Crippen molar-refractivity contribution in [2.45, 2.75) is 49.5 Å². The van der Waals surface area contributed by atoms with Gasteiger partial charge in [-0.25, -0.2) is 4.79 Å². The maximum absolute atomic E-state index is 11.7. The molecule has 6 nitrogen and oxygen atoms in total. The molecule has 0 saturated heterocycles. The zero-order valence-corrected chi connectivity index (χ0v) is 13.6. The minimum Gasteiger partial charge on any atom is -0.465 e. The first-order valence-electron chi connectivity index (χ1n) is 8.29. The topological polar surface area (TPSA) is 85.5 Å². The summed E-state index contributed by atoms with van der Waals surface area (Å²) in [6, 6.07) is 7.02. The number of ether oxygens (including phenoxy) is 1. The molecule has 1 aromatic carbocycles. The van der Waals surface area contributed by atoms with E-state index in [0.29, 0.717) is 17.3 Å². The van der Waals surface area contributed by atoms with Gasteiger partial charge in [0.2, 0.25) is 11.7 Å². The number of hydrogen-bond donors (Lipinski definition) is 1. The number of methoxy groups -OCH3 is 1. The van der Waals surface area contributed by atoms with E-state index in [9.17, 15) is 9.90 Å². The van der Waals surface area contributed by atoms with Crippen LogP contribution in [0.5, 0.6) is 0 Å². The zero-order valence-electron chi connectivity index (χ0n) is 13.6. The summed E-state index contributed by atoms with van der Waals surface area (Å²) in [5, 5.41) is 14.5. The van der Waals surface area contributed by atoms with Crippen LogP contribution in [-0.4, -0.2) is 33.9 Å². The van der Waals surface area contributed by atoms with Gasteiger partial charge >= 0.3 is 5.97 Å². The van der Waals surface area contributed by atoms with Crippen molar-refractivity contribution in [3.63, 3.8) is 0 Å². The quantitative estimate of drug-likeness (QED) is 0.872. The largest absolute Gasteiger partial charge is 0.465 e. The number of aliphatic hydroxyl groups is 1. The second-order valence-corrected chi connectivity index (χ2v) is 7.00. The molecule has 0 aliphatic heterocycles. The highest BCUT2D eigenvalue weighted by atomic mass is 16.5. The summed E-state index contributed by atoms with van der Waals surface area (Å²) in [6.07, 6.45) is 5.03. The van der Waals surface area contributed by atoms with Crippen LogP contribution in [0.4, 0.5) is 0 Å². The highest BCUT2D eigenvalue weighted by Gasteiger charge is 2.51. The molecule has 0 radical (unpaired) electrons. The summed E-state index contributed by atoms with van der Waals surface area (Å²) in [5.74, 6) is 0.747. The van der Waals surface area contributed by atoms with Gasteiger partial charge < -0.3 is 14.4 Å². The van der Waals surface area contributed by atoms with Crippen LogP contribution in [0.25, 0.3) is 11.4 Å². The molecule has 3 aliphatic rings. The van der Waals surface area contributed by atoms with E-state index in [4.69, 9.17) is 9.26 Å². The number of rotatable bonds is 3. The molecule has 0 unspecified atom stereocenters. The fraction of sp³-hybridized carbons (Fsp3) is 0.500. The average Bonchev–Trinajstić information content (AvgIpc) is 3.13. The monoisotopic (exact) mass is 328 g/mol. The maximum Gasteiger partial charge on any atom is 0.337 e. The molecule has 3 fully saturated rings. The van der Waals surface area contributed by atoms with Crippen LogP contribution in [0.15, 0.2) is 28.8 Å². The second kappa shape index (κ2) is 5.41. The summed E-state index contributed by atoms with van der Waals surface area (Å²) in [5.41, 5.74) is 0.599. The Morgan fingerprint density at radius 1 is 1.21 bits per heavy atom. The predicted molar refractivity (Wildman–Crippen MR) is 85.4 cm³/mol. The van der Waals surface area contributed by atoms with Crippen LogP contribution < -0.4 is 0 Å². The van der Waals surface area contributed by atoms with E-state index in [2.05, 4.69) is 10.1 Å². The van der Waals surface area contributed by atoms with Crippen LogP contribution in [-0.2, 0) is 10.2 Å². The van der Waals surface area contributed by atoms with Crippen LogP contribution in [0.2, 0.25) is 0 Å². The van der Waals surface area contributed by atoms with Crippen molar-refractivity contribution in [1.82, 2.24) is 10.1 Å². The number of carbonyl (C=O) groups is 1. The Bertz CT molecular complexity index is 758. The van der Waals surface area contributed by atoms with Gasteiger partial charge in [0.15, 0.2) is 0 Å². The Hall–Kier alpha value is -2.21. The summed E-state index contributed by atoms with van der Waals surface area (Å²) in [6.45, 7) is 0. The Morgan fingerprint density at radius 3 is 2.58 bits per heavy atom. The van der Waals surface area contributed by atoms with Crippen LogP contribution >= 0.6 is 0 Å².